The van der Waals surface area contributed by atoms with Gasteiger partial charge in [-0.15, -0.1) is 11.3 Å². The summed E-state index contributed by atoms with van der Waals surface area (Å²) in [4.78, 5) is 18.1. The lowest BCUT2D eigenvalue weighted by Crippen LogP contribution is -2.46. The van der Waals surface area contributed by atoms with Crippen LogP contribution in [-0.4, -0.2) is 50.3 Å². The second kappa shape index (κ2) is 10.2. The minimum absolute atomic E-state index is 0.204. The number of hydrogen-bond donors (Lipinski definition) is 1. The van der Waals surface area contributed by atoms with Gasteiger partial charge in [-0.25, -0.2) is 5.43 Å². The molecule has 2 heterocycles. The van der Waals surface area contributed by atoms with Crippen molar-refractivity contribution in [2.24, 2.45) is 5.10 Å². The third kappa shape index (κ3) is 5.51. The number of para-hydroxylation sites is 2. The molecular weight excluding hydrogens is 408 g/mol. The number of methoxy groups -OCH3 is 1. The molecule has 1 saturated heterocycles. The van der Waals surface area contributed by atoms with Crippen molar-refractivity contribution >= 4 is 29.1 Å². The van der Waals surface area contributed by atoms with Crippen molar-refractivity contribution in [3.05, 3.63) is 82.0 Å². The molecule has 0 unspecified atom stereocenters. The van der Waals surface area contributed by atoms with Crippen molar-refractivity contribution in [3.63, 3.8) is 0 Å². The third-order valence-corrected chi connectivity index (χ3v) is 6.13. The minimum Gasteiger partial charge on any atom is -0.495 e. The lowest BCUT2D eigenvalue weighted by atomic mass is 10.1. The van der Waals surface area contributed by atoms with Gasteiger partial charge in [-0.1, -0.05) is 30.3 Å². The molecule has 160 valence electrons. The molecule has 31 heavy (non-hydrogen) atoms. The van der Waals surface area contributed by atoms with Gasteiger partial charge in [0.05, 0.1) is 19.0 Å². The normalized spacial score (nSPS) is 14.7. The van der Waals surface area contributed by atoms with Crippen LogP contribution in [0.5, 0.6) is 5.75 Å². The summed E-state index contributed by atoms with van der Waals surface area (Å²) >= 11 is 1.57. The predicted octanol–water partition coefficient (Wildman–Crippen LogP) is 3.84. The smallest absolute Gasteiger partial charge is 0.271 e. The Kier molecular flexibility index (Phi) is 6.96. The van der Waals surface area contributed by atoms with Gasteiger partial charge in [0.15, 0.2) is 0 Å². The van der Waals surface area contributed by atoms with Crippen LogP contribution >= 0.6 is 11.3 Å². The average Bonchev–Trinajstić information content (AvgIpc) is 3.33. The first-order chi connectivity index (χ1) is 15.2. The van der Waals surface area contributed by atoms with Crippen LogP contribution in [0.1, 0.15) is 20.8 Å². The zero-order valence-electron chi connectivity index (χ0n) is 17.5. The minimum atomic E-state index is -0.204. The van der Waals surface area contributed by atoms with Crippen LogP contribution in [-0.2, 0) is 6.54 Å². The number of benzene rings is 2. The van der Waals surface area contributed by atoms with Gasteiger partial charge in [0.2, 0.25) is 0 Å². The molecule has 1 aliphatic heterocycles. The van der Waals surface area contributed by atoms with Crippen molar-refractivity contribution in [3.8, 4) is 5.75 Å². The summed E-state index contributed by atoms with van der Waals surface area (Å²) in [5, 5.41) is 5.99. The van der Waals surface area contributed by atoms with E-state index in [4.69, 9.17) is 4.74 Å². The van der Waals surface area contributed by atoms with E-state index in [1.807, 2.05) is 53.9 Å². The molecule has 0 radical (unpaired) electrons. The molecule has 0 atom stereocenters. The second-order valence-corrected chi connectivity index (χ2v) is 8.33. The van der Waals surface area contributed by atoms with Crippen LogP contribution in [0.2, 0.25) is 0 Å². The highest BCUT2D eigenvalue weighted by Gasteiger charge is 2.19. The van der Waals surface area contributed by atoms with Crippen molar-refractivity contribution in [1.29, 1.82) is 0 Å². The molecule has 1 N–H and O–H groups in total. The maximum atomic E-state index is 12.2. The molecule has 0 bridgehead atoms. The van der Waals surface area contributed by atoms with Gasteiger partial charge in [0.25, 0.3) is 5.91 Å². The van der Waals surface area contributed by atoms with Crippen molar-refractivity contribution in [1.82, 2.24) is 10.3 Å². The summed E-state index contributed by atoms with van der Waals surface area (Å²) in [6, 6.07) is 19.8. The fourth-order valence-electron chi connectivity index (χ4n) is 3.64. The summed E-state index contributed by atoms with van der Waals surface area (Å²) in [7, 11) is 1.72. The van der Waals surface area contributed by atoms with Gasteiger partial charge in [-0.05, 0) is 41.3 Å². The Labute approximate surface area is 186 Å². The SMILES string of the molecule is COc1ccccc1N1CCN(Cc2ccc(C(=O)N/N=C\c3cccs3)cc2)CC1. The Bertz CT molecular complexity index is 1010. The Balaban J connectivity index is 1.27. The Hall–Kier alpha value is -3.16. The summed E-state index contributed by atoms with van der Waals surface area (Å²) in [6.45, 7) is 4.76. The summed E-state index contributed by atoms with van der Waals surface area (Å²) in [5.41, 5.74) is 5.54. The predicted molar refractivity (Wildman–Crippen MR) is 126 cm³/mol. The first kappa shape index (κ1) is 21.1. The first-order valence-electron chi connectivity index (χ1n) is 10.3. The summed E-state index contributed by atoms with van der Waals surface area (Å²) < 4.78 is 5.50. The van der Waals surface area contributed by atoms with E-state index in [9.17, 15) is 4.79 Å². The van der Waals surface area contributed by atoms with Crippen molar-refractivity contribution < 1.29 is 9.53 Å². The number of hydrogen-bond acceptors (Lipinski definition) is 6. The molecule has 1 aromatic heterocycles. The zero-order chi connectivity index (χ0) is 21.5. The van der Waals surface area contributed by atoms with Gasteiger partial charge in [0.1, 0.15) is 5.75 Å². The number of rotatable bonds is 7. The number of nitrogens with one attached hydrogen (secondary N) is 1. The van der Waals surface area contributed by atoms with Gasteiger partial charge >= 0.3 is 0 Å². The number of amides is 1. The molecule has 0 spiro atoms. The fourth-order valence-corrected chi connectivity index (χ4v) is 4.23. The number of nitrogens with zero attached hydrogens (tertiary/aromatic N) is 3. The zero-order valence-corrected chi connectivity index (χ0v) is 18.3. The van der Waals surface area contributed by atoms with E-state index in [1.54, 1.807) is 24.7 Å². The number of anilines is 1. The van der Waals surface area contributed by atoms with Crippen molar-refractivity contribution in [2.75, 3.05) is 38.2 Å². The maximum absolute atomic E-state index is 12.2. The highest BCUT2D eigenvalue weighted by atomic mass is 32.1. The van der Waals surface area contributed by atoms with E-state index in [2.05, 4.69) is 32.5 Å². The Morgan fingerprint density at radius 3 is 2.55 bits per heavy atom. The molecule has 4 rings (SSSR count). The molecular formula is C24H26N4O2S. The largest absolute Gasteiger partial charge is 0.495 e. The van der Waals surface area contributed by atoms with E-state index in [1.165, 1.54) is 5.56 Å². The summed E-state index contributed by atoms with van der Waals surface area (Å²) in [6.07, 6.45) is 1.65. The van der Waals surface area contributed by atoms with E-state index >= 15 is 0 Å². The van der Waals surface area contributed by atoms with E-state index in [0.717, 1.165) is 49.0 Å². The highest BCUT2D eigenvalue weighted by molar-refractivity contribution is 7.11. The first-order valence-corrected chi connectivity index (χ1v) is 11.2. The molecule has 7 heteroatoms. The number of piperazine rings is 1. The third-order valence-electron chi connectivity index (χ3n) is 5.32. The van der Waals surface area contributed by atoms with Gasteiger partial charge in [-0.3, -0.25) is 9.69 Å². The quantitative estimate of drug-likeness (QED) is 0.453. The summed E-state index contributed by atoms with van der Waals surface area (Å²) in [5.74, 6) is 0.717. The standard InChI is InChI=1S/C24H26N4O2S/c1-30-23-7-3-2-6-22(23)28-14-12-27(13-15-28)18-19-8-10-20(11-9-19)24(29)26-25-17-21-5-4-16-31-21/h2-11,16-17H,12-15,18H2,1H3,(H,26,29)/b25-17-. The van der Waals surface area contributed by atoms with Crippen LogP contribution in [0.25, 0.3) is 0 Å². The second-order valence-electron chi connectivity index (χ2n) is 7.35. The van der Waals surface area contributed by atoms with E-state index in [-0.39, 0.29) is 5.91 Å². The molecule has 0 aliphatic carbocycles. The van der Waals surface area contributed by atoms with E-state index < -0.39 is 0 Å². The van der Waals surface area contributed by atoms with Crippen LogP contribution in [0.4, 0.5) is 5.69 Å². The molecule has 6 nitrogen and oxygen atoms in total. The maximum Gasteiger partial charge on any atom is 0.271 e. The lowest BCUT2D eigenvalue weighted by Gasteiger charge is -2.36. The van der Waals surface area contributed by atoms with Gasteiger partial charge in [-0.2, -0.15) is 5.10 Å². The molecule has 1 fully saturated rings. The van der Waals surface area contributed by atoms with Crippen LogP contribution < -0.4 is 15.1 Å². The number of ether oxygens (including phenoxy) is 1. The number of carbonyl (C=O) groups excluding carboxylic acids is 1. The Morgan fingerprint density at radius 1 is 1.06 bits per heavy atom. The molecule has 0 saturated carbocycles. The van der Waals surface area contributed by atoms with Gasteiger partial charge in [0, 0.05) is 43.2 Å². The average molecular weight is 435 g/mol. The molecule has 1 aliphatic rings. The monoisotopic (exact) mass is 434 g/mol. The fraction of sp³-hybridized carbons (Fsp3) is 0.250. The number of carbonyl (C=O) groups is 1. The van der Waals surface area contributed by atoms with Crippen LogP contribution in [0, 0.1) is 0 Å². The van der Waals surface area contributed by atoms with E-state index in [0.29, 0.717) is 5.56 Å². The molecule has 3 aromatic rings. The topological polar surface area (TPSA) is 57.2 Å². The lowest BCUT2D eigenvalue weighted by molar-refractivity contribution is 0.0955. The highest BCUT2D eigenvalue weighted by Crippen LogP contribution is 2.28. The number of hydrazone groups is 1. The van der Waals surface area contributed by atoms with Crippen LogP contribution in [0.15, 0.2) is 71.1 Å². The van der Waals surface area contributed by atoms with Crippen molar-refractivity contribution in [2.45, 2.75) is 6.54 Å². The van der Waals surface area contributed by atoms with Gasteiger partial charge < -0.3 is 9.64 Å². The Morgan fingerprint density at radius 2 is 1.84 bits per heavy atom. The van der Waals surface area contributed by atoms with Crippen LogP contribution in [0.3, 0.4) is 0 Å². The molecule has 1 amide bonds. The number of thiophene rings is 1. The molecule has 2 aromatic carbocycles.